The van der Waals surface area contributed by atoms with E-state index in [1.54, 1.807) is 36.4 Å². The average Bonchev–Trinajstić information content (AvgIpc) is 2.37. The van der Waals surface area contributed by atoms with Crippen LogP contribution in [-0.2, 0) is 0 Å². The molecule has 0 saturated carbocycles. The maximum absolute atomic E-state index is 12.3. The van der Waals surface area contributed by atoms with Gasteiger partial charge >= 0.3 is 0 Å². The summed E-state index contributed by atoms with van der Waals surface area (Å²) in [5.74, 6) is -0.203. The molecule has 1 unspecified atom stereocenters. The number of hydrogen-bond donors (Lipinski definition) is 2. The zero-order valence-electron chi connectivity index (χ0n) is 11.0. The van der Waals surface area contributed by atoms with Crippen LogP contribution in [0.1, 0.15) is 28.9 Å². The van der Waals surface area contributed by atoms with Crippen LogP contribution in [0.15, 0.2) is 45.8 Å². The lowest BCUT2D eigenvalue weighted by Crippen LogP contribution is -2.27. The van der Waals surface area contributed by atoms with E-state index in [1.807, 2.05) is 6.92 Å². The van der Waals surface area contributed by atoms with Crippen LogP contribution < -0.4 is 5.32 Å². The maximum atomic E-state index is 12.3. The molecule has 6 heteroatoms. The molecule has 0 radical (unpaired) electrons. The average molecular weight is 405 g/mol. The molecule has 0 spiro atoms. The Bertz CT molecular complexity index is 693. The van der Waals surface area contributed by atoms with Gasteiger partial charge in [-0.3, -0.25) is 4.79 Å². The third-order valence-electron chi connectivity index (χ3n) is 2.98. The Balaban J connectivity index is 2.18. The van der Waals surface area contributed by atoms with Crippen molar-refractivity contribution >= 4 is 57.7 Å². The number of amides is 1. The molecular formula is C15H12BrCl2NOS. The van der Waals surface area contributed by atoms with Gasteiger partial charge in [-0.2, -0.15) is 0 Å². The van der Waals surface area contributed by atoms with Crippen molar-refractivity contribution in [2.45, 2.75) is 17.9 Å². The van der Waals surface area contributed by atoms with E-state index in [0.717, 1.165) is 10.0 Å². The summed E-state index contributed by atoms with van der Waals surface area (Å²) in [7, 11) is 0. The smallest absolute Gasteiger partial charge is 0.252 e. The fourth-order valence-electron chi connectivity index (χ4n) is 1.90. The normalized spacial score (nSPS) is 12.0. The van der Waals surface area contributed by atoms with Gasteiger partial charge in [-0.15, -0.1) is 12.6 Å². The summed E-state index contributed by atoms with van der Waals surface area (Å²) in [5.41, 5.74) is 1.32. The van der Waals surface area contributed by atoms with Crippen LogP contribution >= 0.6 is 51.8 Å². The second kappa shape index (κ2) is 7.05. The zero-order chi connectivity index (χ0) is 15.6. The first kappa shape index (κ1) is 16.7. The molecular weight excluding hydrogens is 393 g/mol. The fourth-order valence-corrected chi connectivity index (χ4v) is 3.33. The van der Waals surface area contributed by atoms with Gasteiger partial charge in [0.2, 0.25) is 0 Å². The minimum absolute atomic E-state index is 0.203. The number of hydrogen-bond acceptors (Lipinski definition) is 2. The molecule has 0 aliphatic rings. The Morgan fingerprint density at radius 3 is 2.57 bits per heavy atom. The predicted molar refractivity (Wildman–Crippen MR) is 93.7 cm³/mol. The lowest BCUT2D eigenvalue weighted by molar-refractivity contribution is 0.0937. The highest BCUT2D eigenvalue weighted by molar-refractivity contribution is 9.10. The van der Waals surface area contributed by atoms with Gasteiger partial charge in [0.15, 0.2) is 0 Å². The molecule has 2 nitrogen and oxygen atoms in total. The quantitative estimate of drug-likeness (QED) is 0.646. The number of thiol groups is 1. The van der Waals surface area contributed by atoms with Gasteiger partial charge in [0.05, 0.1) is 11.6 Å². The standard InChI is InChI=1S/C15H12BrCl2NOS/c1-8(11-5-3-10(17)7-13(11)18)19-15(20)12-4-2-9(16)6-14(12)21/h2-8,21H,1H3,(H,19,20). The van der Waals surface area contributed by atoms with E-state index in [-0.39, 0.29) is 11.9 Å². The number of halogens is 3. The van der Waals surface area contributed by atoms with Crippen LogP contribution in [0.3, 0.4) is 0 Å². The van der Waals surface area contributed by atoms with Crippen molar-refractivity contribution < 1.29 is 4.79 Å². The van der Waals surface area contributed by atoms with Gasteiger partial charge < -0.3 is 5.32 Å². The summed E-state index contributed by atoms with van der Waals surface area (Å²) in [6.45, 7) is 1.87. The second-order valence-electron chi connectivity index (χ2n) is 4.52. The predicted octanol–water partition coefficient (Wildman–Crippen LogP) is 5.54. The molecule has 1 atom stereocenters. The molecule has 0 aliphatic heterocycles. The Labute approximate surface area is 147 Å². The molecule has 0 saturated heterocycles. The van der Waals surface area contributed by atoms with Gasteiger partial charge in [-0.1, -0.05) is 45.2 Å². The highest BCUT2D eigenvalue weighted by atomic mass is 79.9. The monoisotopic (exact) mass is 403 g/mol. The van der Waals surface area contributed by atoms with Crippen LogP contribution in [0.2, 0.25) is 10.0 Å². The SMILES string of the molecule is CC(NC(=O)c1ccc(Br)cc1S)c1ccc(Cl)cc1Cl. The molecule has 2 rings (SSSR count). The highest BCUT2D eigenvalue weighted by Crippen LogP contribution is 2.27. The molecule has 0 aromatic heterocycles. The molecule has 1 amide bonds. The lowest BCUT2D eigenvalue weighted by Gasteiger charge is -2.16. The first-order valence-corrected chi connectivity index (χ1v) is 8.12. The third-order valence-corrected chi connectivity index (χ3v) is 4.41. The van der Waals surface area contributed by atoms with Crippen molar-refractivity contribution in [3.05, 3.63) is 62.0 Å². The Morgan fingerprint density at radius 2 is 1.95 bits per heavy atom. The summed E-state index contributed by atoms with van der Waals surface area (Å²) in [6, 6.07) is 10.3. The van der Waals surface area contributed by atoms with Crippen LogP contribution in [0, 0.1) is 0 Å². The largest absolute Gasteiger partial charge is 0.345 e. The molecule has 0 aliphatic carbocycles. The van der Waals surface area contributed by atoms with Gasteiger partial charge in [0.25, 0.3) is 5.91 Å². The van der Waals surface area contributed by atoms with Crippen molar-refractivity contribution in [2.24, 2.45) is 0 Å². The second-order valence-corrected chi connectivity index (χ2v) is 6.76. The van der Waals surface area contributed by atoms with Gasteiger partial charge in [0, 0.05) is 19.4 Å². The van der Waals surface area contributed by atoms with Crippen LogP contribution in [0.25, 0.3) is 0 Å². The summed E-state index contributed by atoms with van der Waals surface area (Å²) >= 11 is 19.7. The number of rotatable bonds is 3. The van der Waals surface area contributed by atoms with Crippen molar-refractivity contribution in [2.75, 3.05) is 0 Å². The van der Waals surface area contributed by atoms with E-state index in [2.05, 4.69) is 33.9 Å². The van der Waals surface area contributed by atoms with E-state index in [0.29, 0.717) is 20.5 Å². The van der Waals surface area contributed by atoms with Crippen LogP contribution in [0.4, 0.5) is 0 Å². The summed E-state index contributed by atoms with van der Waals surface area (Å²) in [6.07, 6.45) is 0. The van der Waals surface area contributed by atoms with Crippen molar-refractivity contribution in [3.63, 3.8) is 0 Å². The molecule has 21 heavy (non-hydrogen) atoms. The first-order valence-electron chi connectivity index (χ1n) is 6.13. The van der Waals surface area contributed by atoms with E-state index in [4.69, 9.17) is 23.2 Å². The van der Waals surface area contributed by atoms with E-state index < -0.39 is 0 Å². The maximum Gasteiger partial charge on any atom is 0.252 e. The minimum atomic E-state index is -0.237. The van der Waals surface area contributed by atoms with E-state index >= 15 is 0 Å². The van der Waals surface area contributed by atoms with Gasteiger partial charge in [-0.05, 0) is 42.8 Å². The summed E-state index contributed by atoms with van der Waals surface area (Å²) in [5, 5.41) is 3.99. The highest BCUT2D eigenvalue weighted by Gasteiger charge is 2.16. The summed E-state index contributed by atoms with van der Waals surface area (Å²) in [4.78, 5) is 12.9. The Morgan fingerprint density at radius 1 is 1.24 bits per heavy atom. The number of nitrogens with one attached hydrogen (secondary N) is 1. The molecule has 0 bridgehead atoms. The fraction of sp³-hybridized carbons (Fsp3) is 0.133. The number of benzene rings is 2. The number of carbonyl (C=O) groups excluding carboxylic acids is 1. The molecule has 1 N–H and O–H groups in total. The van der Waals surface area contributed by atoms with Crippen molar-refractivity contribution in [1.82, 2.24) is 5.32 Å². The Kier molecular flexibility index (Phi) is 5.60. The summed E-state index contributed by atoms with van der Waals surface area (Å²) < 4.78 is 0.873. The van der Waals surface area contributed by atoms with Gasteiger partial charge in [-0.25, -0.2) is 0 Å². The molecule has 2 aromatic carbocycles. The minimum Gasteiger partial charge on any atom is -0.345 e. The molecule has 2 aromatic rings. The molecule has 0 fully saturated rings. The van der Waals surface area contributed by atoms with Crippen molar-refractivity contribution in [3.8, 4) is 0 Å². The third kappa shape index (κ3) is 4.16. The number of carbonyl (C=O) groups is 1. The zero-order valence-corrected chi connectivity index (χ0v) is 15.0. The van der Waals surface area contributed by atoms with E-state index in [1.165, 1.54) is 0 Å². The Hall–Kier alpha value is -0.680. The first-order chi connectivity index (χ1) is 9.88. The van der Waals surface area contributed by atoms with Crippen LogP contribution in [0.5, 0.6) is 0 Å². The molecule has 110 valence electrons. The van der Waals surface area contributed by atoms with Crippen LogP contribution in [-0.4, -0.2) is 5.91 Å². The van der Waals surface area contributed by atoms with Crippen molar-refractivity contribution in [1.29, 1.82) is 0 Å². The van der Waals surface area contributed by atoms with Gasteiger partial charge in [0.1, 0.15) is 0 Å². The molecule has 0 heterocycles. The lowest BCUT2D eigenvalue weighted by atomic mass is 10.1. The van der Waals surface area contributed by atoms with E-state index in [9.17, 15) is 4.79 Å². The topological polar surface area (TPSA) is 29.1 Å².